The maximum Gasteiger partial charge on any atom is 0.317 e. The molecule has 0 fully saturated rings. The molecule has 0 spiro atoms. The number of thioether (sulfide) groups is 1. The van der Waals surface area contributed by atoms with Gasteiger partial charge in [0.1, 0.15) is 0 Å². The largest absolute Gasteiger partial charge is 0.337 e. The van der Waals surface area contributed by atoms with E-state index in [1.807, 2.05) is 25.0 Å². The molecule has 0 bridgehead atoms. The van der Waals surface area contributed by atoms with E-state index in [0.29, 0.717) is 13.1 Å². The second kappa shape index (κ2) is 8.62. The zero-order valence-corrected chi connectivity index (χ0v) is 14.8. The third-order valence-electron chi connectivity index (χ3n) is 3.44. The van der Waals surface area contributed by atoms with Crippen molar-refractivity contribution in [3.63, 3.8) is 0 Å². The minimum Gasteiger partial charge on any atom is -0.337 e. The van der Waals surface area contributed by atoms with Crippen LogP contribution in [0.3, 0.4) is 0 Å². The number of benzene rings is 1. The lowest BCUT2D eigenvalue weighted by Crippen LogP contribution is -2.37. The van der Waals surface area contributed by atoms with Crippen LogP contribution < -0.4 is 5.32 Å². The summed E-state index contributed by atoms with van der Waals surface area (Å²) in [6.07, 6.45) is 3.70. The Balaban J connectivity index is 1.61. The SMILES string of the molecule is Cc1ccc(CSCCNC(=O)N(C)Cc2cnn(C)c2)cc1. The van der Waals surface area contributed by atoms with Gasteiger partial charge in [-0.25, -0.2) is 4.79 Å². The van der Waals surface area contributed by atoms with E-state index in [2.05, 4.69) is 41.6 Å². The zero-order valence-electron chi connectivity index (χ0n) is 14.0. The number of hydrogen-bond acceptors (Lipinski definition) is 3. The predicted octanol–water partition coefficient (Wildman–Crippen LogP) is 2.80. The predicted molar refractivity (Wildman–Crippen MR) is 95.4 cm³/mol. The van der Waals surface area contributed by atoms with E-state index < -0.39 is 0 Å². The smallest absolute Gasteiger partial charge is 0.317 e. The summed E-state index contributed by atoms with van der Waals surface area (Å²) in [5, 5.41) is 7.05. The van der Waals surface area contributed by atoms with Crippen molar-refractivity contribution < 1.29 is 4.79 Å². The topological polar surface area (TPSA) is 50.2 Å². The van der Waals surface area contributed by atoms with Gasteiger partial charge in [-0.2, -0.15) is 16.9 Å². The van der Waals surface area contributed by atoms with Gasteiger partial charge in [0.25, 0.3) is 0 Å². The Morgan fingerprint density at radius 2 is 2.04 bits per heavy atom. The lowest BCUT2D eigenvalue weighted by atomic mass is 10.2. The fourth-order valence-electron chi connectivity index (χ4n) is 2.14. The number of rotatable bonds is 7. The summed E-state index contributed by atoms with van der Waals surface area (Å²) >= 11 is 1.83. The van der Waals surface area contributed by atoms with Crippen LogP contribution in [-0.4, -0.2) is 40.1 Å². The number of nitrogens with zero attached hydrogens (tertiary/aromatic N) is 3. The Morgan fingerprint density at radius 3 is 2.70 bits per heavy atom. The lowest BCUT2D eigenvalue weighted by molar-refractivity contribution is 0.207. The molecule has 6 heteroatoms. The summed E-state index contributed by atoms with van der Waals surface area (Å²) in [7, 11) is 3.66. The molecule has 1 aromatic heterocycles. The van der Waals surface area contributed by atoms with Crippen molar-refractivity contribution in [2.24, 2.45) is 7.05 Å². The fraction of sp³-hybridized carbons (Fsp3) is 0.412. The molecule has 0 aliphatic heterocycles. The van der Waals surface area contributed by atoms with E-state index in [1.165, 1.54) is 11.1 Å². The zero-order chi connectivity index (χ0) is 16.7. The highest BCUT2D eigenvalue weighted by Gasteiger charge is 2.09. The van der Waals surface area contributed by atoms with Crippen molar-refractivity contribution in [3.8, 4) is 0 Å². The number of nitrogens with one attached hydrogen (secondary N) is 1. The third-order valence-corrected chi connectivity index (χ3v) is 4.47. The van der Waals surface area contributed by atoms with Gasteiger partial charge in [0.15, 0.2) is 0 Å². The van der Waals surface area contributed by atoms with Crippen LogP contribution in [0.25, 0.3) is 0 Å². The summed E-state index contributed by atoms with van der Waals surface area (Å²) < 4.78 is 1.74. The van der Waals surface area contributed by atoms with E-state index in [0.717, 1.165) is 17.1 Å². The van der Waals surface area contributed by atoms with Gasteiger partial charge in [-0.3, -0.25) is 4.68 Å². The van der Waals surface area contributed by atoms with Crippen LogP contribution in [0.1, 0.15) is 16.7 Å². The molecule has 2 rings (SSSR count). The molecule has 23 heavy (non-hydrogen) atoms. The van der Waals surface area contributed by atoms with E-state index >= 15 is 0 Å². The minimum atomic E-state index is -0.0511. The molecule has 0 unspecified atom stereocenters. The molecule has 0 atom stereocenters. The number of carbonyl (C=O) groups excluding carboxylic acids is 1. The maximum absolute atomic E-state index is 12.0. The summed E-state index contributed by atoms with van der Waals surface area (Å²) in [4.78, 5) is 13.7. The molecule has 2 amide bonds. The van der Waals surface area contributed by atoms with E-state index in [1.54, 1.807) is 22.8 Å². The Labute approximate surface area is 142 Å². The Bertz CT molecular complexity index is 624. The third kappa shape index (κ3) is 5.98. The number of carbonyl (C=O) groups is 1. The second-order valence-corrected chi connectivity index (χ2v) is 6.75. The molecule has 0 radical (unpaired) electrons. The van der Waals surface area contributed by atoms with E-state index in [-0.39, 0.29) is 6.03 Å². The first-order valence-corrected chi connectivity index (χ1v) is 8.80. The van der Waals surface area contributed by atoms with Gasteiger partial charge in [-0.05, 0) is 12.5 Å². The lowest BCUT2D eigenvalue weighted by Gasteiger charge is -2.17. The number of urea groups is 1. The van der Waals surface area contributed by atoms with Gasteiger partial charge in [-0.15, -0.1) is 0 Å². The maximum atomic E-state index is 12.0. The summed E-state index contributed by atoms with van der Waals surface area (Å²) in [6.45, 7) is 3.33. The van der Waals surface area contributed by atoms with Crippen molar-refractivity contribution in [2.75, 3.05) is 19.3 Å². The molecule has 2 aromatic rings. The van der Waals surface area contributed by atoms with Crippen LogP contribution in [0.4, 0.5) is 4.79 Å². The first kappa shape index (κ1) is 17.4. The quantitative estimate of drug-likeness (QED) is 0.793. The minimum absolute atomic E-state index is 0.0511. The van der Waals surface area contributed by atoms with Gasteiger partial charge in [0.2, 0.25) is 0 Å². The number of hydrogen-bond donors (Lipinski definition) is 1. The average molecular weight is 332 g/mol. The second-order valence-electron chi connectivity index (χ2n) is 5.65. The number of aryl methyl sites for hydroxylation is 2. The van der Waals surface area contributed by atoms with Gasteiger partial charge in [-0.1, -0.05) is 29.8 Å². The number of aromatic nitrogens is 2. The molecule has 1 N–H and O–H groups in total. The van der Waals surface area contributed by atoms with Crippen LogP contribution in [0.15, 0.2) is 36.7 Å². The van der Waals surface area contributed by atoms with Crippen molar-refractivity contribution in [1.29, 1.82) is 0 Å². The highest BCUT2D eigenvalue weighted by atomic mass is 32.2. The molecule has 0 aliphatic carbocycles. The highest BCUT2D eigenvalue weighted by molar-refractivity contribution is 7.98. The van der Waals surface area contributed by atoms with Gasteiger partial charge in [0, 0.05) is 43.9 Å². The molecule has 1 aromatic carbocycles. The summed E-state index contributed by atoms with van der Waals surface area (Å²) in [5.41, 5.74) is 3.63. The van der Waals surface area contributed by atoms with E-state index in [4.69, 9.17) is 0 Å². The Hall–Kier alpha value is -1.95. The Kier molecular flexibility index (Phi) is 6.52. The molecular formula is C17H24N4OS. The molecule has 0 aliphatic rings. The molecular weight excluding hydrogens is 308 g/mol. The Morgan fingerprint density at radius 1 is 1.30 bits per heavy atom. The number of amides is 2. The van der Waals surface area contributed by atoms with Gasteiger partial charge in [0.05, 0.1) is 12.7 Å². The monoisotopic (exact) mass is 332 g/mol. The molecule has 0 saturated carbocycles. The van der Waals surface area contributed by atoms with E-state index in [9.17, 15) is 4.79 Å². The standard InChI is InChI=1S/C17H24N4OS/c1-14-4-6-15(7-5-14)13-23-9-8-18-17(22)20(2)11-16-10-19-21(3)12-16/h4-7,10,12H,8-9,11,13H2,1-3H3,(H,18,22). The first-order chi connectivity index (χ1) is 11.0. The fourth-order valence-corrected chi connectivity index (χ4v) is 2.96. The summed E-state index contributed by atoms with van der Waals surface area (Å²) in [5.74, 6) is 1.88. The average Bonchev–Trinajstić information content (AvgIpc) is 2.93. The van der Waals surface area contributed by atoms with Crippen LogP contribution in [0.5, 0.6) is 0 Å². The van der Waals surface area contributed by atoms with Crippen molar-refractivity contribution in [2.45, 2.75) is 19.2 Å². The van der Waals surface area contributed by atoms with Gasteiger partial charge < -0.3 is 10.2 Å². The van der Waals surface area contributed by atoms with Crippen LogP contribution in [0, 0.1) is 6.92 Å². The first-order valence-electron chi connectivity index (χ1n) is 7.64. The molecule has 124 valence electrons. The molecule has 1 heterocycles. The molecule has 5 nitrogen and oxygen atoms in total. The van der Waals surface area contributed by atoms with Crippen molar-refractivity contribution in [1.82, 2.24) is 20.0 Å². The summed E-state index contributed by atoms with van der Waals surface area (Å²) in [6, 6.07) is 8.52. The van der Waals surface area contributed by atoms with Crippen molar-refractivity contribution >= 4 is 17.8 Å². The van der Waals surface area contributed by atoms with Crippen LogP contribution >= 0.6 is 11.8 Å². The van der Waals surface area contributed by atoms with Crippen LogP contribution in [-0.2, 0) is 19.3 Å². The molecule has 0 saturated heterocycles. The highest BCUT2D eigenvalue weighted by Crippen LogP contribution is 2.12. The van der Waals surface area contributed by atoms with Crippen LogP contribution in [0.2, 0.25) is 0 Å². The van der Waals surface area contributed by atoms with Crippen molar-refractivity contribution in [3.05, 3.63) is 53.3 Å². The van der Waals surface area contributed by atoms with Gasteiger partial charge >= 0.3 is 6.03 Å². The normalized spacial score (nSPS) is 10.6.